The second-order valence-corrected chi connectivity index (χ2v) is 6.70. The Hall–Kier alpha value is -4.34. The van der Waals surface area contributed by atoms with Crippen LogP contribution in [0.5, 0.6) is 0 Å². The van der Waals surface area contributed by atoms with Crippen LogP contribution in [0.15, 0.2) is 43.4 Å². The molecule has 0 radical (unpaired) electrons. The van der Waals surface area contributed by atoms with Crippen LogP contribution in [-0.4, -0.2) is 29.9 Å². The van der Waals surface area contributed by atoms with Gasteiger partial charge in [-0.1, -0.05) is 0 Å². The van der Waals surface area contributed by atoms with Crippen LogP contribution in [0.25, 0.3) is 54.9 Å². The summed E-state index contributed by atoms with van der Waals surface area (Å²) in [6.07, 6.45) is 0. The maximum atomic E-state index is 13.0. The lowest BCUT2D eigenvalue weighted by molar-refractivity contribution is 1.21. The number of hydrogen-bond acceptors (Lipinski definition) is 4. The number of nitrogens with one attached hydrogen (secondary N) is 6. The third kappa shape index (κ3) is 1.80. The van der Waals surface area contributed by atoms with Crippen molar-refractivity contribution in [2.75, 3.05) is 0 Å². The number of pyridine rings is 2. The third-order valence-corrected chi connectivity index (χ3v) is 5.02. The van der Waals surface area contributed by atoms with Crippen LogP contribution in [0.2, 0.25) is 0 Å². The normalized spacial score (nSPS) is 12.1. The summed E-state index contributed by atoms with van der Waals surface area (Å²) in [5.74, 6) is 0. The van der Waals surface area contributed by atoms with Crippen molar-refractivity contribution in [1.29, 1.82) is 0 Å². The zero-order chi connectivity index (χ0) is 19.2. The molecular formula is C18H10N6O4. The Bertz CT molecular complexity index is 1720. The number of benzene rings is 2. The number of aromatic nitrogens is 6. The first kappa shape index (κ1) is 14.8. The number of aromatic amines is 6. The van der Waals surface area contributed by atoms with Gasteiger partial charge >= 0.3 is 11.4 Å². The van der Waals surface area contributed by atoms with Crippen molar-refractivity contribution in [3.63, 3.8) is 0 Å². The molecule has 136 valence electrons. The van der Waals surface area contributed by atoms with Crippen LogP contribution < -0.4 is 22.2 Å². The molecule has 10 nitrogen and oxygen atoms in total. The lowest BCUT2D eigenvalue weighted by atomic mass is 10.1. The van der Waals surface area contributed by atoms with Gasteiger partial charge in [-0.15, -0.1) is 0 Å². The average Bonchev–Trinajstić information content (AvgIpc) is 3.20. The van der Waals surface area contributed by atoms with Gasteiger partial charge in [0, 0.05) is 10.8 Å². The van der Waals surface area contributed by atoms with Gasteiger partial charge in [0.25, 0.3) is 0 Å². The van der Waals surface area contributed by atoms with Crippen molar-refractivity contribution in [2.45, 2.75) is 0 Å². The van der Waals surface area contributed by atoms with Crippen LogP contribution in [-0.2, 0) is 0 Å². The largest absolute Gasteiger partial charge is 0.350 e. The van der Waals surface area contributed by atoms with Crippen LogP contribution in [0, 0.1) is 0 Å². The minimum Gasteiger partial charge on any atom is -0.350 e. The van der Waals surface area contributed by atoms with Crippen molar-refractivity contribution in [2.24, 2.45) is 0 Å². The van der Waals surface area contributed by atoms with Crippen LogP contribution in [0.1, 0.15) is 0 Å². The van der Waals surface area contributed by atoms with Crippen molar-refractivity contribution < 1.29 is 0 Å². The van der Waals surface area contributed by atoms with Crippen LogP contribution in [0.4, 0.5) is 0 Å². The highest BCUT2D eigenvalue weighted by Crippen LogP contribution is 2.20. The van der Waals surface area contributed by atoms with E-state index in [1.807, 2.05) is 0 Å². The molecule has 6 N–H and O–H groups in total. The van der Waals surface area contributed by atoms with E-state index >= 15 is 0 Å². The molecule has 0 saturated heterocycles. The summed E-state index contributed by atoms with van der Waals surface area (Å²) < 4.78 is 0. The molecule has 0 unspecified atom stereocenters. The first-order chi connectivity index (χ1) is 13.5. The Kier molecular flexibility index (Phi) is 2.47. The highest BCUT2D eigenvalue weighted by molar-refractivity contribution is 6.02. The second-order valence-electron chi connectivity index (χ2n) is 6.70. The molecule has 0 fully saturated rings. The van der Waals surface area contributed by atoms with Crippen molar-refractivity contribution in [3.8, 4) is 0 Å². The molecule has 0 aliphatic heterocycles. The Labute approximate surface area is 151 Å². The first-order valence-electron chi connectivity index (χ1n) is 8.38. The molecule has 10 heteroatoms. The van der Waals surface area contributed by atoms with E-state index in [1.165, 1.54) is 0 Å². The lowest BCUT2D eigenvalue weighted by Gasteiger charge is -2.05. The summed E-state index contributed by atoms with van der Waals surface area (Å²) in [6, 6.07) is 6.35. The zero-order valence-corrected chi connectivity index (χ0v) is 13.9. The molecule has 0 atom stereocenters. The summed E-state index contributed by atoms with van der Waals surface area (Å²) in [6.45, 7) is 0. The predicted molar refractivity (Wildman–Crippen MR) is 105 cm³/mol. The molecular weight excluding hydrogens is 364 g/mol. The van der Waals surface area contributed by atoms with Crippen LogP contribution >= 0.6 is 0 Å². The average molecular weight is 374 g/mol. The molecule has 0 aliphatic carbocycles. The summed E-state index contributed by atoms with van der Waals surface area (Å²) in [5, 5.41) is 0.669. The van der Waals surface area contributed by atoms with Crippen molar-refractivity contribution >= 4 is 54.9 Å². The molecule has 0 aliphatic rings. The Balaban J connectivity index is 1.85. The molecule has 6 aromatic rings. The first-order valence-corrected chi connectivity index (χ1v) is 8.38. The number of H-pyrrole nitrogens is 6. The fraction of sp³-hybridized carbons (Fsp3) is 0. The molecule has 0 amide bonds. The van der Waals surface area contributed by atoms with E-state index in [9.17, 15) is 19.2 Å². The van der Waals surface area contributed by atoms with Crippen molar-refractivity contribution in [1.82, 2.24) is 29.9 Å². The summed E-state index contributed by atoms with van der Waals surface area (Å²) in [4.78, 5) is 65.7. The van der Waals surface area contributed by atoms with E-state index in [2.05, 4.69) is 29.9 Å². The molecule has 0 spiro atoms. The molecule has 0 bridgehead atoms. The van der Waals surface area contributed by atoms with E-state index in [0.717, 1.165) is 0 Å². The van der Waals surface area contributed by atoms with Crippen LogP contribution in [0.3, 0.4) is 0 Å². The number of hydrogen-bond donors (Lipinski definition) is 6. The van der Waals surface area contributed by atoms with Gasteiger partial charge in [0.2, 0.25) is 10.9 Å². The smallest absolute Gasteiger partial charge is 0.323 e. The molecule has 28 heavy (non-hydrogen) atoms. The zero-order valence-electron chi connectivity index (χ0n) is 13.9. The second kappa shape index (κ2) is 4.68. The van der Waals surface area contributed by atoms with Crippen molar-refractivity contribution in [3.05, 3.63) is 65.7 Å². The highest BCUT2D eigenvalue weighted by atomic mass is 16.1. The maximum absolute atomic E-state index is 13.0. The molecule has 0 saturated carbocycles. The van der Waals surface area contributed by atoms with Gasteiger partial charge in [-0.3, -0.25) is 9.59 Å². The highest BCUT2D eigenvalue weighted by Gasteiger charge is 2.14. The van der Waals surface area contributed by atoms with Gasteiger partial charge in [0.1, 0.15) is 11.0 Å². The van der Waals surface area contributed by atoms with E-state index in [-0.39, 0.29) is 33.3 Å². The quantitative estimate of drug-likeness (QED) is 0.217. The van der Waals surface area contributed by atoms with Gasteiger partial charge in [-0.05, 0) is 24.3 Å². The van der Waals surface area contributed by atoms with Gasteiger partial charge in [0.05, 0.1) is 33.1 Å². The van der Waals surface area contributed by atoms with Gasteiger partial charge in [-0.2, -0.15) is 0 Å². The minimum absolute atomic E-state index is 0.125. The van der Waals surface area contributed by atoms with E-state index in [4.69, 9.17) is 0 Å². The van der Waals surface area contributed by atoms with E-state index in [0.29, 0.717) is 43.9 Å². The fourth-order valence-corrected chi connectivity index (χ4v) is 3.75. The number of imidazole rings is 2. The Morgan fingerprint density at radius 2 is 0.786 bits per heavy atom. The maximum Gasteiger partial charge on any atom is 0.323 e. The third-order valence-electron chi connectivity index (χ3n) is 5.02. The number of rotatable bonds is 0. The summed E-state index contributed by atoms with van der Waals surface area (Å²) in [5.41, 5.74) is 1.66. The Morgan fingerprint density at radius 3 is 1.18 bits per heavy atom. The predicted octanol–water partition coefficient (Wildman–Crippen LogP) is 0.862. The summed E-state index contributed by atoms with van der Waals surface area (Å²) in [7, 11) is 0. The van der Waals surface area contributed by atoms with E-state index < -0.39 is 0 Å². The SMILES string of the molecule is O=c1[nH]c2cc3[nH]c4c(=O)c5cc6[nH]c(=O)[nH]c6cc5[nH]c4c(=O)c3cc2[nH]1. The monoisotopic (exact) mass is 374 g/mol. The topological polar surface area (TPSA) is 163 Å². The minimum atomic E-state index is -0.381. The fourth-order valence-electron chi connectivity index (χ4n) is 3.75. The summed E-state index contributed by atoms with van der Waals surface area (Å²) >= 11 is 0. The molecule has 4 heterocycles. The van der Waals surface area contributed by atoms with Gasteiger partial charge in [-0.25, -0.2) is 9.59 Å². The van der Waals surface area contributed by atoms with E-state index in [1.54, 1.807) is 24.3 Å². The molecule has 4 aromatic heterocycles. The van der Waals surface area contributed by atoms with Gasteiger partial charge < -0.3 is 29.9 Å². The lowest BCUT2D eigenvalue weighted by Crippen LogP contribution is -2.14. The molecule has 2 aromatic carbocycles. The Morgan fingerprint density at radius 1 is 0.429 bits per heavy atom. The van der Waals surface area contributed by atoms with Gasteiger partial charge in [0.15, 0.2) is 0 Å². The molecule has 6 rings (SSSR count). The number of fused-ring (bicyclic) bond motifs is 5. The standard InChI is InChI=1S/C18H10N6O4/c25-15-5-1-9-11(23-17(27)21-9)3-7(5)19-14-13(15)20-8-4-12-10(22-18(28)24-12)2-6(8)16(14)26/h1-4H,(H,19,25)(H,20,26)(H2,21,23,27)(H2,22,24,28).